The van der Waals surface area contributed by atoms with Crippen LogP contribution in [0, 0.1) is 0 Å². The second-order valence-electron chi connectivity index (χ2n) is 3.35. The summed E-state index contributed by atoms with van der Waals surface area (Å²) in [6.45, 7) is 11.3. The summed E-state index contributed by atoms with van der Waals surface area (Å²) < 4.78 is 5.37. The van der Waals surface area contributed by atoms with Gasteiger partial charge in [0.15, 0.2) is 0 Å². The van der Waals surface area contributed by atoms with Crippen LogP contribution in [0.1, 0.15) is 19.8 Å². The number of rotatable bonds is 3. The molecule has 0 amide bonds. The minimum absolute atomic E-state index is 0.886. The molecule has 1 aliphatic rings. The number of hydrogen-bond acceptors (Lipinski definition) is 2. The maximum atomic E-state index is 5.37. The van der Waals surface area contributed by atoms with Gasteiger partial charge in [0.05, 0.1) is 6.61 Å². The van der Waals surface area contributed by atoms with Crippen molar-refractivity contribution in [1.82, 2.24) is 4.90 Å². The van der Waals surface area contributed by atoms with Crippen molar-refractivity contribution < 1.29 is 4.74 Å². The lowest BCUT2D eigenvalue weighted by Gasteiger charge is -2.19. The van der Waals surface area contributed by atoms with Crippen molar-refractivity contribution in [2.45, 2.75) is 19.8 Å². The van der Waals surface area contributed by atoms with Gasteiger partial charge in [-0.3, -0.25) is 4.90 Å². The van der Waals surface area contributed by atoms with Gasteiger partial charge in [-0.05, 0) is 12.8 Å². The van der Waals surface area contributed by atoms with E-state index in [1.54, 1.807) is 0 Å². The van der Waals surface area contributed by atoms with Crippen LogP contribution < -0.4 is 0 Å². The highest BCUT2D eigenvalue weighted by molar-refractivity contribution is 4.95. The molecule has 0 aromatic heterocycles. The van der Waals surface area contributed by atoms with Gasteiger partial charge in [0.2, 0.25) is 0 Å². The quantitative estimate of drug-likeness (QED) is 0.596. The predicted octanol–water partition coefficient (Wildman–Crippen LogP) is 1.67. The molecule has 1 rings (SSSR count). The Bertz CT molecular complexity index is 137. The van der Waals surface area contributed by atoms with Crippen molar-refractivity contribution in [3.63, 3.8) is 0 Å². The SMILES string of the molecule is C=C(CC)CN1CCCOCC1. The molecule has 2 nitrogen and oxygen atoms in total. The highest BCUT2D eigenvalue weighted by Crippen LogP contribution is 2.04. The maximum Gasteiger partial charge on any atom is 0.0593 e. The van der Waals surface area contributed by atoms with Gasteiger partial charge in [-0.25, -0.2) is 0 Å². The normalized spacial score (nSPS) is 20.4. The fraction of sp³-hybridized carbons (Fsp3) is 0.800. The van der Waals surface area contributed by atoms with Gasteiger partial charge >= 0.3 is 0 Å². The summed E-state index contributed by atoms with van der Waals surface area (Å²) in [4.78, 5) is 2.43. The third-order valence-corrected chi connectivity index (χ3v) is 2.26. The minimum atomic E-state index is 0.886. The first kappa shape index (κ1) is 9.75. The largest absolute Gasteiger partial charge is 0.380 e. The molecule has 0 saturated carbocycles. The standard InChI is InChI=1S/C10H19NO/c1-3-10(2)9-11-5-4-7-12-8-6-11/h2-9H2,1H3. The fourth-order valence-electron chi connectivity index (χ4n) is 1.38. The summed E-state index contributed by atoms with van der Waals surface area (Å²) in [7, 11) is 0. The maximum absolute atomic E-state index is 5.37. The molecular formula is C10H19NO. The smallest absolute Gasteiger partial charge is 0.0593 e. The van der Waals surface area contributed by atoms with Gasteiger partial charge in [0.1, 0.15) is 0 Å². The second kappa shape index (κ2) is 5.33. The van der Waals surface area contributed by atoms with E-state index in [1.165, 1.54) is 12.1 Å². The summed E-state index contributed by atoms with van der Waals surface area (Å²) in [6, 6.07) is 0. The van der Waals surface area contributed by atoms with Gasteiger partial charge < -0.3 is 4.74 Å². The minimum Gasteiger partial charge on any atom is -0.380 e. The van der Waals surface area contributed by atoms with E-state index >= 15 is 0 Å². The van der Waals surface area contributed by atoms with Crippen LogP contribution in [-0.2, 0) is 4.74 Å². The summed E-state index contributed by atoms with van der Waals surface area (Å²) >= 11 is 0. The molecule has 0 atom stereocenters. The first-order chi connectivity index (χ1) is 5.83. The number of nitrogens with zero attached hydrogens (tertiary/aromatic N) is 1. The zero-order valence-corrected chi connectivity index (χ0v) is 8.01. The predicted molar refractivity (Wildman–Crippen MR) is 51.3 cm³/mol. The highest BCUT2D eigenvalue weighted by Gasteiger charge is 2.08. The van der Waals surface area contributed by atoms with Gasteiger partial charge in [-0.1, -0.05) is 19.1 Å². The van der Waals surface area contributed by atoms with Crippen LogP contribution in [0.3, 0.4) is 0 Å². The van der Waals surface area contributed by atoms with E-state index in [0.717, 1.165) is 39.1 Å². The van der Waals surface area contributed by atoms with Crippen molar-refractivity contribution in [2.75, 3.05) is 32.8 Å². The molecule has 0 radical (unpaired) electrons. The lowest BCUT2D eigenvalue weighted by molar-refractivity contribution is 0.142. The van der Waals surface area contributed by atoms with Crippen molar-refractivity contribution >= 4 is 0 Å². The average Bonchev–Trinajstić information content (AvgIpc) is 2.33. The van der Waals surface area contributed by atoms with Crippen LogP contribution in [0.5, 0.6) is 0 Å². The van der Waals surface area contributed by atoms with Crippen LogP contribution >= 0.6 is 0 Å². The highest BCUT2D eigenvalue weighted by atomic mass is 16.5. The molecule has 1 aliphatic heterocycles. The van der Waals surface area contributed by atoms with Crippen LogP contribution in [0.4, 0.5) is 0 Å². The zero-order valence-electron chi connectivity index (χ0n) is 8.01. The third kappa shape index (κ3) is 3.37. The van der Waals surface area contributed by atoms with Crippen molar-refractivity contribution in [3.05, 3.63) is 12.2 Å². The molecule has 1 fully saturated rings. The van der Waals surface area contributed by atoms with Crippen molar-refractivity contribution in [3.8, 4) is 0 Å². The molecule has 0 spiro atoms. The van der Waals surface area contributed by atoms with Gasteiger partial charge in [0.25, 0.3) is 0 Å². The topological polar surface area (TPSA) is 12.5 Å². The van der Waals surface area contributed by atoms with E-state index in [4.69, 9.17) is 4.74 Å². The summed E-state index contributed by atoms with van der Waals surface area (Å²) in [5, 5.41) is 0. The molecule has 0 bridgehead atoms. The summed E-state index contributed by atoms with van der Waals surface area (Å²) in [6.07, 6.45) is 2.26. The van der Waals surface area contributed by atoms with Gasteiger partial charge in [0, 0.05) is 26.2 Å². The molecule has 70 valence electrons. The Morgan fingerprint density at radius 1 is 1.42 bits per heavy atom. The zero-order chi connectivity index (χ0) is 8.81. The van der Waals surface area contributed by atoms with E-state index in [9.17, 15) is 0 Å². The van der Waals surface area contributed by atoms with Crippen LogP contribution in [0.15, 0.2) is 12.2 Å². The molecule has 1 saturated heterocycles. The Morgan fingerprint density at radius 3 is 3.00 bits per heavy atom. The van der Waals surface area contributed by atoms with E-state index in [0.29, 0.717) is 0 Å². The molecule has 0 unspecified atom stereocenters. The molecule has 0 N–H and O–H groups in total. The summed E-state index contributed by atoms with van der Waals surface area (Å²) in [5.41, 5.74) is 1.33. The van der Waals surface area contributed by atoms with E-state index in [2.05, 4.69) is 18.4 Å². The average molecular weight is 169 g/mol. The Hall–Kier alpha value is -0.340. The molecule has 2 heteroatoms. The molecule has 12 heavy (non-hydrogen) atoms. The van der Waals surface area contributed by atoms with Gasteiger partial charge in [-0.2, -0.15) is 0 Å². The molecule has 1 heterocycles. The fourth-order valence-corrected chi connectivity index (χ4v) is 1.38. The van der Waals surface area contributed by atoms with E-state index < -0.39 is 0 Å². The third-order valence-electron chi connectivity index (χ3n) is 2.26. The van der Waals surface area contributed by atoms with E-state index in [-0.39, 0.29) is 0 Å². The van der Waals surface area contributed by atoms with Crippen LogP contribution in [-0.4, -0.2) is 37.7 Å². The van der Waals surface area contributed by atoms with Crippen LogP contribution in [0.2, 0.25) is 0 Å². The first-order valence-corrected chi connectivity index (χ1v) is 4.79. The Kier molecular flexibility index (Phi) is 4.33. The Morgan fingerprint density at radius 2 is 2.25 bits per heavy atom. The Labute approximate surface area is 75.2 Å². The summed E-state index contributed by atoms with van der Waals surface area (Å²) in [5.74, 6) is 0. The lowest BCUT2D eigenvalue weighted by atomic mass is 10.2. The van der Waals surface area contributed by atoms with Crippen LogP contribution in [0.25, 0.3) is 0 Å². The molecular weight excluding hydrogens is 150 g/mol. The van der Waals surface area contributed by atoms with Gasteiger partial charge in [-0.15, -0.1) is 0 Å². The lowest BCUT2D eigenvalue weighted by Crippen LogP contribution is -2.28. The molecule has 0 aromatic carbocycles. The Balaban J connectivity index is 2.24. The van der Waals surface area contributed by atoms with Crippen molar-refractivity contribution in [2.24, 2.45) is 0 Å². The number of hydrogen-bond donors (Lipinski definition) is 0. The second-order valence-corrected chi connectivity index (χ2v) is 3.35. The molecule has 0 aromatic rings. The first-order valence-electron chi connectivity index (χ1n) is 4.79. The van der Waals surface area contributed by atoms with E-state index in [1.807, 2.05) is 0 Å². The van der Waals surface area contributed by atoms with Crippen molar-refractivity contribution in [1.29, 1.82) is 0 Å². The number of ether oxygens (including phenoxy) is 1. The monoisotopic (exact) mass is 169 g/mol. The molecule has 0 aliphatic carbocycles.